The maximum Gasteiger partial charge on any atom is 0.351 e. The number of aliphatic hydroxyl groups is 2. The van der Waals surface area contributed by atoms with E-state index >= 15 is 0 Å². The SMILES string of the molecule is CCO[C@@H]1[C@H](O)[C@@H](CO)O[C@]1(n1ccc(N)nc1=O)C(c1ccccc1)(c1ccccc1)c1ccccc1. The minimum Gasteiger partial charge on any atom is -0.394 e. The molecule has 8 heteroatoms. The molecule has 4 atom stereocenters. The smallest absolute Gasteiger partial charge is 0.351 e. The molecular weight excluding hydrogens is 482 g/mol. The molecule has 1 fully saturated rings. The largest absolute Gasteiger partial charge is 0.394 e. The van der Waals surface area contributed by atoms with Crippen LogP contribution in [0.3, 0.4) is 0 Å². The highest BCUT2D eigenvalue weighted by atomic mass is 16.6. The van der Waals surface area contributed by atoms with Gasteiger partial charge in [0.05, 0.1) is 12.0 Å². The number of nitrogens with two attached hydrogens (primary N) is 1. The Bertz CT molecular complexity index is 1320. The van der Waals surface area contributed by atoms with Crippen molar-refractivity contribution >= 4 is 5.82 Å². The van der Waals surface area contributed by atoms with Gasteiger partial charge in [-0.1, -0.05) is 91.0 Å². The second-order valence-corrected chi connectivity index (χ2v) is 9.25. The Morgan fingerprint density at radius 1 is 0.947 bits per heavy atom. The maximum atomic E-state index is 13.7. The number of aromatic nitrogens is 2. The zero-order valence-electron chi connectivity index (χ0n) is 21.1. The van der Waals surface area contributed by atoms with Gasteiger partial charge in [-0.3, -0.25) is 4.57 Å². The van der Waals surface area contributed by atoms with Crippen LogP contribution in [0.5, 0.6) is 0 Å². The third-order valence-corrected chi connectivity index (χ3v) is 7.27. The summed E-state index contributed by atoms with van der Waals surface area (Å²) in [6, 6.07) is 30.5. The molecule has 0 bridgehead atoms. The molecule has 5 rings (SSSR count). The lowest BCUT2D eigenvalue weighted by Gasteiger charge is -2.52. The van der Waals surface area contributed by atoms with E-state index in [0.717, 1.165) is 16.7 Å². The van der Waals surface area contributed by atoms with Crippen molar-refractivity contribution in [1.82, 2.24) is 9.55 Å². The van der Waals surface area contributed by atoms with Crippen molar-refractivity contribution in [2.75, 3.05) is 18.9 Å². The van der Waals surface area contributed by atoms with E-state index in [-0.39, 0.29) is 12.4 Å². The molecule has 0 aliphatic carbocycles. The van der Waals surface area contributed by atoms with E-state index in [2.05, 4.69) is 4.98 Å². The van der Waals surface area contributed by atoms with Crippen LogP contribution in [0.15, 0.2) is 108 Å². The first-order valence-corrected chi connectivity index (χ1v) is 12.6. The Morgan fingerprint density at radius 3 is 1.87 bits per heavy atom. The van der Waals surface area contributed by atoms with Crippen molar-refractivity contribution in [2.24, 2.45) is 0 Å². The Balaban J connectivity index is 2.04. The van der Waals surface area contributed by atoms with E-state index in [9.17, 15) is 15.0 Å². The van der Waals surface area contributed by atoms with Crippen molar-refractivity contribution in [3.05, 3.63) is 130 Å². The van der Waals surface area contributed by atoms with Gasteiger partial charge in [-0.25, -0.2) is 4.79 Å². The average molecular weight is 514 g/mol. The van der Waals surface area contributed by atoms with Gasteiger partial charge in [0.15, 0.2) is 5.72 Å². The monoisotopic (exact) mass is 513 g/mol. The molecule has 196 valence electrons. The molecular formula is C30H31N3O5. The second kappa shape index (κ2) is 10.5. The van der Waals surface area contributed by atoms with Crippen LogP contribution < -0.4 is 11.4 Å². The van der Waals surface area contributed by atoms with Gasteiger partial charge in [-0.15, -0.1) is 0 Å². The topological polar surface area (TPSA) is 120 Å². The number of rotatable bonds is 8. The fourth-order valence-corrected chi connectivity index (χ4v) is 5.86. The van der Waals surface area contributed by atoms with Gasteiger partial charge in [0.25, 0.3) is 0 Å². The fourth-order valence-electron chi connectivity index (χ4n) is 5.86. The lowest BCUT2D eigenvalue weighted by Crippen LogP contribution is -2.64. The predicted octanol–water partition coefficient (Wildman–Crippen LogP) is 2.67. The van der Waals surface area contributed by atoms with E-state index < -0.39 is 41.7 Å². The minimum atomic E-state index is -1.74. The molecule has 2 heterocycles. The lowest BCUT2D eigenvalue weighted by atomic mass is 9.60. The van der Waals surface area contributed by atoms with Crippen molar-refractivity contribution in [2.45, 2.75) is 36.4 Å². The third kappa shape index (κ3) is 3.85. The molecule has 0 spiro atoms. The van der Waals surface area contributed by atoms with Crippen molar-refractivity contribution in [1.29, 1.82) is 0 Å². The zero-order valence-corrected chi connectivity index (χ0v) is 21.1. The molecule has 4 N–H and O–H groups in total. The molecule has 8 nitrogen and oxygen atoms in total. The third-order valence-electron chi connectivity index (χ3n) is 7.27. The van der Waals surface area contributed by atoms with Gasteiger partial charge in [-0.05, 0) is 29.7 Å². The van der Waals surface area contributed by atoms with Gasteiger partial charge >= 0.3 is 5.69 Å². The highest BCUT2D eigenvalue weighted by molar-refractivity contribution is 5.54. The Morgan fingerprint density at radius 2 is 1.45 bits per heavy atom. The Labute approximate surface area is 220 Å². The van der Waals surface area contributed by atoms with Crippen LogP contribution in [0.2, 0.25) is 0 Å². The second-order valence-electron chi connectivity index (χ2n) is 9.25. The summed E-state index contributed by atoms with van der Waals surface area (Å²) in [5, 5.41) is 21.9. The van der Waals surface area contributed by atoms with Crippen molar-refractivity contribution in [3.8, 4) is 0 Å². The van der Waals surface area contributed by atoms with E-state index in [1.807, 2.05) is 97.9 Å². The van der Waals surface area contributed by atoms with Crippen molar-refractivity contribution in [3.63, 3.8) is 0 Å². The zero-order chi connectivity index (χ0) is 26.8. The summed E-state index contributed by atoms with van der Waals surface area (Å²) in [5.41, 5.74) is 4.59. The molecule has 1 aliphatic heterocycles. The summed E-state index contributed by atoms with van der Waals surface area (Å²) in [7, 11) is 0. The van der Waals surface area contributed by atoms with Crippen LogP contribution in [0.25, 0.3) is 0 Å². The van der Waals surface area contributed by atoms with Gasteiger partial charge in [0, 0.05) is 12.8 Å². The van der Waals surface area contributed by atoms with Gasteiger partial charge < -0.3 is 25.4 Å². The average Bonchev–Trinajstić information content (AvgIpc) is 3.23. The number of nitrogens with zero attached hydrogens (tertiary/aromatic N) is 2. The summed E-state index contributed by atoms with van der Waals surface area (Å²) in [5.74, 6) is 0.0522. The number of hydrogen-bond donors (Lipinski definition) is 3. The summed E-state index contributed by atoms with van der Waals surface area (Å²) in [4.78, 5) is 17.8. The number of aliphatic hydroxyl groups excluding tert-OH is 2. The molecule has 4 aromatic rings. The van der Waals surface area contributed by atoms with Crippen LogP contribution in [0.4, 0.5) is 5.82 Å². The molecule has 38 heavy (non-hydrogen) atoms. The molecule has 0 amide bonds. The first kappa shape index (κ1) is 25.8. The Hall–Kier alpha value is -3.82. The molecule has 0 radical (unpaired) electrons. The fraction of sp³-hybridized carbons (Fsp3) is 0.267. The number of nitrogen functional groups attached to an aromatic ring is 1. The van der Waals surface area contributed by atoms with Crippen LogP contribution >= 0.6 is 0 Å². The standard InChI is InChI=1S/C30H31N3O5/c1-2-37-27-26(35)24(20-34)38-30(27,33-19-18-25(31)32-28(33)36)29(21-12-6-3-7-13-21,22-14-8-4-9-15-22)23-16-10-5-11-17-23/h3-19,24,26-27,34-35H,2,20H2,1H3,(H2,31,32,36)/t24-,26-,27-,30+/m1/s1. The minimum absolute atomic E-state index is 0.0522. The summed E-state index contributed by atoms with van der Waals surface area (Å²) in [6.45, 7) is 1.54. The lowest BCUT2D eigenvalue weighted by molar-refractivity contribution is -0.192. The molecule has 3 aromatic carbocycles. The van der Waals surface area contributed by atoms with Crippen molar-refractivity contribution < 1.29 is 19.7 Å². The van der Waals surface area contributed by atoms with E-state index in [0.29, 0.717) is 0 Å². The first-order chi connectivity index (χ1) is 18.5. The molecule has 1 aromatic heterocycles. The molecule has 1 saturated heterocycles. The van der Waals surface area contributed by atoms with Gasteiger partial charge in [-0.2, -0.15) is 4.98 Å². The van der Waals surface area contributed by atoms with Crippen LogP contribution in [0, 0.1) is 0 Å². The quantitative estimate of drug-likeness (QED) is 0.310. The summed E-state index contributed by atoms with van der Waals surface area (Å²) in [6.07, 6.45) is -1.88. The number of benzene rings is 3. The Kier molecular flexibility index (Phi) is 7.14. The van der Waals surface area contributed by atoms with E-state index in [1.54, 1.807) is 0 Å². The summed E-state index contributed by atoms with van der Waals surface area (Å²) < 4.78 is 14.4. The highest BCUT2D eigenvalue weighted by Crippen LogP contribution is 2.57. The van der Waals surface area contributed by atoms with Gasteiger partial charge in [0.2, 0.25) is 0 Å². The number of anilines is 1. The summed E-state index contributed by atoms with van der Waals surface area (Å²) >= 11 is 0. The normalized spacial score (nSPS) is 23.4. The van der Waals surface area contributed by atoms with E-state index in [4.69, 9.17) is 15.2 Å². The predicted molar refractivity (Wildman–Crippen MR) is 143 cm³/mol. The number of ether oxygens (including phenoxy) is 2. The molecule has 1 aliphatic rings. The van der Waals surface area contributed by atoms with Gasteiger partial charge in [0.1, 0.15) is 24.1 Å². The van der Waals surface area contributed by atoms with Crippen LogP contribution in [0.1, 0.15) is 23.6 Å². The van der Waals surface area contributed by atoms with E-state index in [1.165, 1.54) is 16.8 Å². The van der Waals surface area contributed by atoms with Crippen LogP contribution in [-0.4, -0.2) is 51.3 Å². The molecule has 0 unspecified atom stereocenters. The highest BCUT2D eigenvalue weighted by Gasteiger charge is 2.69. The first-order valence-electron chi connectivity index (χ1n) is 12.6. The molecule has 0 saturated carbocycles. The van der Waals surface area contributed by atoms with Crippen LogP contribution in [-0.2, 0) is 20.6 Å². The maximum absolute atomic E-state index is 13.7. The number of hydrogen-bond acceptors (Lipinski definition) is 7.